The Bertz CT molecular complexity index is 948. The number of anilines is 4. The van der Waals surface area contributed by atoms with Gasteiger partial charge in [-0.2, -0.15) is 0 Å². The number of ether oxygens (including phenoxy) is 2. The molecular formula is C20H24N6O2. The third-order valence-electron chi connectivity index (χ3n) is 4.28. The molecule has 3 aromatic rings. The Morgan fingerprint density at radius 3 is 2.50 bits per heavy atom. The first-order chi connectivity index (χ1) is 13.6. The van der Waals surface area contributed by atoms with E-state index in [9.17, 15) is 0 Å². The summed E-state index contributed by atoms with van der Waals surface area (Å²) in [4.78, 5) is 12.8. The lowest BCUT2D eigenvalue weighted by Crippen LogP contribution is -2.11. The van der Waals surface area contributed by atoms with E-state index in [0.29, 0.717) is 41.2 Å². The Kier molecular flexibility index (Phi) is 6.11. The monoisotopic (exact) mass is 380 g/mol. The second kappa shape index (κ2) is 8.90. The van der Waals surface area contributed by atoms with Crippen molar-refractivity contribution in [3.8, 4) is 11.5 Å². The predicted molar refractivity (Wildman–Crippen MR) is 110 cm³/mol. The average Bonchev–Trinajstić information content (AvgIpc) is 2.72. The van der Waals surface area contributed by atoms with Crippen LogP contribution in [0.2, 0.25) is 0 Å². The van der Waals surface area contributed by atoms with Gasteiger partial charge in [0.15, 0.2) is 23.1 Å². The van der Waals surface area contributed by atoms with E-state index in [1.54, 1.807) is 20.4 Å². The van der Waals surface area contributed by atoms with E-state index < -0.39 is 0 Å². The molecule has 4 N–H and O–H groups in total. The Hall–Kier alpha value is -3.55. The maximum absolute atomic E-state index is 6.23. The van der Waals surface area contributed by atoms with Gasteiger partial charge in [-0.25, -0.2) is 15.0 Å². The molecule has 2 aromatic heterocycles. The molecule has 0 aliphatic rings. The number of methoxy groups -OCH3 is 2. The molecule has 2 heterocycles. The third kappa shape index (κ3) is 4.40. The number of hydrogen-bond acceptors (Lipinski definition) is 8. The molecule has 0 amide bonds. The van der Waals surface area contributed by atoms with Crippen molar-refractivity contribution in [3.05, 3.63) is 54.0 Å². The lowest BCUT2D eigenvalue weighted by molar-refractivity contribution is 0.354. The minimum atomic E-state index is 0.444. The molecule has 0 atom stereocenters. The summed E-state index contributed by atoms with van der Waals surface area (Å²) in [5.41, 5.74) is 8.79. The van der Waals surface area contributed by atoms with Crippen molar-refractivity contribution in [1.82, 2.24) is 15.0 Å². The summed E-state index contributed by atoms with van der Waals surface area (Å²) in [5, 5.41) is 6.42. The predicted octanol–water partition coefficient (Wildman–Crippen LogP) is 3.18. The number of aromatic nitrogens is 3. The summed E-state index contributed by atoms with van der Waals surface area (Å²) in [6.07, 6.45) is 3.95. The van der Waals surface area contributed by atoms with E-state index in [1.165, 1.54) is 6.33 Å². The van der Waals surface area contributed by atoms with Gasteiger partial charge in [0.25, 0.3) is 0 Å². The highest BCUT2D eigenvalue weighted by molar-refractivity contribution is 5.77. The molecule has 0 saturated heterocycles. The van der Waals surface area contributed by atoms with Crippen LogP contribution >= 0.6 is 0 Å². The molecule has 8 heteroatoms. The number of hydrogen-bond donors (Lipinski definition) is 3. The third-order valence-corrected chi connectivity index (χ3v) is 4.28. The van der Waals surface area contributed by atoms with E-state index in [1.807, 2.05) is 37.3 Å². The van der Waals surface area contributed by atoms with Crippen molar-refractivity contribution in [3.63, 3.8) is 0 Å². The number of benzene rings is 1. The van der Waals surface area contributed by atoms with Crippen LogP contribution in [-0.2, 0) is 6.42 Å². The molecule has 1 aromatic carbocycles. The van der Waals surface area contributed by atoms with Gasteiger partial charge in [0.1, 0.15) is 17.8 Å². The first-order valence-electron chi connectivity index (χ1n) is 8.86. The molecule has 0 radical (unpaired) electrons. The lowest BCUT2D eigenvalue weighted by Gasteiger charge is -2.13. The highest BCUT2D eigenvalue weighted by Crippen LogP contribution is 2.28. The number of aryl methyl sites for hydroxylation is 1. The fraction of sp³-hybridized carbons (Fsp3) is 0.250. The molecule has 0 fully saturated rings. The number of nitrogen functional groups attached to an aromatic ring is 1. The molecule has 8 nitrogen and oxygen atoms in total. The summed E-state index contributed by atoms with van der Waals surface area (Å²) in [6, 6.07) is 9.70. The van der Waals surface area contributed by atoms with Crippen LogP contribution in [0.15, 0.2) is 42.9 Å². The van der Waals surface area contributed by atoms with E-state index in [-0.39, 0.29) is 0 Å². The van der Waals surface area contributed by atoms with Gasteiger partial charge in [-0.3, -0.25) is 0 Å². The van der Waals surface area contributed by atoms with E-state index >= 15 is 0 Å². The van der Waals surface area contributed by atoms with Gasteiger partial charge in [-0.05, 0) is 42.7 Å². The van der Waals surface area contributed by atoms with Crippen molar-refractivity contribution < 1.29 is 9.47 Å². The first-order valence-corrected chi connectivity index (χ1v) is 8.86. The van der Waals surface area contributed by atoms with Crippen LogP contribution in [0, 0.1) is 6.92 Å². The highest BCUT2D eigenvalue weighted by atomic mass is 16.5. The van der Waals surface area contributed by atoms with E-state index in [4.69, 9.17) is 15.2 Å². The normalized spacial score (nSPS) is 10.4. The zero-order valence-electron chi connectivity index (χ0n) is 16.2. The van der Waals surface area contributed by atoms with Gasteiger partial charge < -0.3 is 25.8 Å². The molecule has 0 saturated carbocycles. The quantitative estimate of drug-likeness (QED) is 0.547. The maximum atomic E-state index is 6.23. The molecule has 0 unspecified atom stereocenters. The molecule has 3 rings (SSSR count). The van der Waals surface area contributed by atoms with Crippen LogP contribution in [0.1, 0.15) is 11.1 Å². The van der Waals surface area contributed by atoms with Crippen molar-refractivity contribution in [2.75, 3.05) is 37.1 Å². The lowest BCUT2D eigenvalue weighted by atomic mass is 10.1. The van der Waals surface area contributed by atoms with Crippen molar-refractivity contribution in [2.45, 2.75) is 13.3 Å². The molecule has 0 spiro atoms. The molecule has 0 aliphatic heterocycles. The molecule has 28 heavy (non-hydrogen) atoms. The number of nitrogens with two attached hydrogens (primary N) is 1. The zero-order valence-corrected chi connectivity index (χ0v) is 16.2. The van der Waals surface area contributed by atoms with Gasteiger partial charge in [-0.1, -0.05) is 12.1 Å². The number of nitrogens with zero attached hydrogens (tertiary/aromatic N) is 3. The van der Waals surface area contributed by atoms with Crippen LogP contribution < -0.4 is 25.8 Å². The smallest absolute Gasteiger partial charge is 0.160 e. The van der Waals surface area contributed by atoms with Crippen molar-refractivity contribution in [1.29, 1.82) is 0 Å². The van der Waals surface area contributed by atoms with Gasteiger partial charge in [0.2, 0.25) is 0 Å². The molecular weight excluding hydrogens is 356 g/mol. The van der Waals surface area contributed by atoms with Gasteiger partial charge in [-0.15, -0.1) is 0 Å². The molecule has 146 valence electrons. The Balaban J connectivity index is 1.66. The van der Waals surface area contributed by atoms with Crippen LogP contribution in [0.5, 0.6) is 11.5 Å². The molecule has 0 bridgehead atoms. The summed E-state index contributed by atoms with van der Waals surface area (Å²) in [5.74, 6) is 3.22. The van der Waals surface area contributed by atoms with Crippen molar-refractivity contribution in [2.24, 2.45) is 0 Å². The largest absolute Gasteiger partial charge is 0.493 e. The summed E-state index contributed by atoms with van der Waals surface area (Å²) < 4.78 is 10.6. The Labute approximate surface area is 164 Å². The highest BCUT2D eigenvalue weighted by Gasteiger charge is 2.10. The minimum absolute atomic E-state index is 0.444. The van der Waals surface area contributed by atoms with Crippen molar-refractivity contribution >= 4 is 23.1 Å². The maximum Gasteiger partial charge on any atom is 0.160 e. The van der Waals surface area contributed by atoms with Crippen LogP contribution in [0.4, 0.5) is 23.1 Å². The minimum Gasteiger partial charge on any atom is -0.493 e. The molecule has 0 aliphatic carbocycles. The Morgan fingerprint density at radius 1 is 0.964 bits per heavy atom. The topological polar surface area (TPSA) is 107 Å². The second-order valence-electron chi connectivity index (χ2n) is 6.14. The first kappa shape index (κ1) is 19.2. The summed E-state index contributed by atoms with van der Waals surface area (Å²) >= 11 is 0. The zero-order chi connectivity index (χ0) is 19.9. The number of rotatable bonds is 8. The second-order valence-corrected chi connectivity index (χ2v) is 6.14. The van der Waals surface area contributed by atoms with Crippen LogP contribution in [0.25, 0.3) is 0 Å². The fourth-order valence-corrected chi connectivity index (χ4v) is 2.73. The number of nitrogens with one attached hydrogen (secondary N) is 2. The van der Waals surface area contributed by atoms with Gasteiger partial charge in [0.05, 0.1) is 14.2 Å². The standard InChI is InChI=1S/C20H24N6O2/c1-13-5-4-9-22-18(13)26-20-17(21)19(24-12-25-20)23-10-8-14-6-7-15(27-2)16(11-14)28-3/h4-7,9,11-12H,8,10,21H2,1-3H3,(H2,22,23,24,25,26). The van der Waals surface area contributed by atoms with Gasteiger partial charge in [0, 0.05) is 12.7 Å². The van der Waals surface area contributed by atoms with Gasteiger partial charge >= 0.3 is 0 Å². The fourth-order valence-electron chi connectivity index (χ4n) is 2.73. The van der Waals surface area contributed by atoms with Crippen LogP contribution in [0.3, 0.4) is 0 Å². The average molecular weight is 380 g/mol. The number of pyridine rings is 1. The SMILES string of the molecule is COc1ccc(CCNc2ncnc(Nc3ncccc3C)c2N)cc1OC. The van der Waals surface area contributed by atoms with E-state index in [2.05, 4.69) is 25.6 Å². The Morgan fingerprint density at radius 2 is 1.75 bits per heavy atom. The van der Waals surface area contributed by atoms with Crippen LogP contribution in [-0.4, -0.2) is 35.7 Å². The summed E-state index contributed by atoms with van der Waals surface area (Å²) in [7, 11) is 3.24. The van der Waals surface area contributed by atoms with E-state index in [0.717, 1.165) is 17.5 Å². The summed E-state index contributed by atoms with van der Waals surface area (Å²) in [6.45, 7) is 2.62.